The Bertz CT molecular complexity index is 363. The molecule has 0 bridgehead atoms. The van der Waals surface area contributed by atoms with Gasteiger partial charge < -0.3 is 14.7 Å². The molecule has 0 aromatic rings. The van der Waals surface area contributed by atoms with Crippen LogP contribution >= 0.6 is 11.6 Å². The molecular formula is C13H20ClNO4. The van der Waals surface area contributed by atoms with Gasteiger partial charge in [-0.1, -0.05) is 0 Å². The number of alkyl halides is 1. The Labute approximate surface area is 117 Å². The summed E-state index contributed by atoms with van der Waals surface area (Å²) in [6, 6.07) is 0.0447. The molecule has 0 radical (unpaired) electrons. The maximum Gasteiger partial charge on any atom is 0.302 e. The van der Waals surface area contributed by atoms with E-state index in [9.17, 15) is 14.7 Å². The van der Waals surface area contributed by atoms with Crippen LogP contribution in [0, 0.1) is 5.92 Å². The van der Waals surface area contributed by atoms with Crippen molar-refractivity contribution in [3.63, 3.8) is 0 Å². The first-order valence-electron chi connectivity index (χ1n) is 6.72. The summed E-state index contributed by atoms with van der Waals surface area (Å²) in [5.41, 5.74) is 0. The van der Waals surface area contributed by atoms with E-state index in [1.165, 1.54) is 6.92 Å². The van der Waals surface area contributed by atoms with Crippen molar-refractivity contribution in [3.8, 4) is 0 Å². The summed E-state index contributed by atoms with van der Waals surface area (Å²) in [4.78, 5) is 24.9. The lowest BCUT2D eigenvalue weighted by molar-refractivity contribution is -0.144. The van der Waals surface area contributed by atoms with Crippen LogP contribution in [-0.2, 0) is 14.3 Å². The Hall–Kier alpha value is -0.810. The molecule has 0 aromatic heterocycles. The number of esters is 1. The van der Waals surface area contributed by atoms with Crippen LogP contribution in [0.3, 0.4) is 0 Å². The van der Waals surface area contributed by atoms with Gasteiger partial charge in [-0.15, -0.1) is 11.6 Å². The maximum atomic E-state index is 12.3. The van der Waals surface area contributed by atoms with Crippen molar-refractivity contribution in [2.75, 3.05) is 13.2 Å². The highest BCUT2D eigenvalue weighted by molar-refractivity contribution is 6.21. The van der Waals surface area contributed by atoms with Gasteiger partial charge in [0.05, 0.1) is 19.3 Å². The molecule has 1 N–H and O–H groups in total. The molecule has 2 rings (SSSR count). The number of amides is 1. The van der Waals surface area contributed by atoms with Crippen molar-refractivity contribution >= 4 is 23.5 Å². The Kier molecular flexibility index (Phi) is 4.68. The summed E-state index contributed by atoms with van der Waals surface area (Å²) in [6.07, 6.45) is 2.72. The summed E-state index contributed by atoms with van der Waals surface area (Å²) in [5.74, 6) is -0.473. The number of ether oxygens (including phenoxy) is 1. The molecule has 108 valence electrons. The van der Waals surface area contributed by atoms with E-state index in [1.807, 2.05) is 0 Å². The SMILES string of the molecule is CC(=O)OCC1CC(=O)N2C(CC[C@H]2CO)CC1Cl. The smallest absolute Gasteiger partial charge is 0.302 e. The topological polar surface area (TPSA) is 66.8 Å². The zero-order chi connectivity index (χ0) is 14.0. The summed E-state index contributed by atoms with van der Waals surface area (Å²) in [5, 5.41) is 9.16. The molecule has 0 saturated carbocycles. The second-order valence-electron chi connectivity index (χ2n) is 5.39. The summed E-state index contributed by atoms with van der Waals surface area (Å²) in [7, 11) is 0. The Morgan fingerprint density at radius 2 is 2.26 bits per heavy atom. The fourth-order valence-corrected chi connectivity index (χ4v) is 3.44. The van der Waals surface area contributed by atoms with Crippen molar-refractivity contribution in [2.45, 2.75) is 50.1 Å². The van der Waals surface area contributed by atoms with Crippen LogP contribution in [0.5, 0.6) is 0 Å². The van der Waals surface area contributed by atoms with Gasteiger partial charge in [-0.2, -0.15) is 0 Å². The van der Waals surface area contributed by atoms with Gasteiger partial charge in [-0.3, -0.25) is 9.59 Å². The normalized spacial score (nSPS) is 34.9. The van der Waals surface area contributed by atoms with E-state index in [1.54, 1.807) is 4.90 Å². The molecule has 3 unspecified atom stereocenters. The van der Waals surface area contributed by atoms with Crippen LogP contribution in [0.1, 0.15) is 32.6 Å². The number of carbonyl (C=O) groups excluding carboxylic acids is 2. The van der Waals surface area contributed by atoms with Crippen LogP contribution < -0.4 is 0 Å². The molecule has 2 heterocycles. The number of rotatable bonds is 3. The largest absolute Gasteiger partial charge is 0.466 e. The van der Waals surface area contributed by atoms with Crippen LogP contribution in [-0.4, -0.2) is 52.6 Å². The maximum absolute atomic E-state index is 12.3. The van der Waals surface area contributed by atoms with Gasteiger partial charge in [-0.05, 0) is 19.3 Å². The predicted octanol–water partition coefficient (Wildman–Crippen LogP) is 0.919. The van der Waals surface area contributed by atoms with Gasteiger partial charge in [0, 0.05) is 30.7 Å². The zero-order valence-electron chi connectivity index (χ0n) is 11.0. The molecule has 2 fully saturated rings. The number of aliphatic hydroxyl groups is 1. The van der Waals surface area contributed by atoms with E-state index in [0.29, 0.717) is 6.42 Å². The Morgan fingerprint density at radius 1 is 1.53 bits per heavy atom. The molecule has 0 aromatic carbocycles. The molecule has 0 aliphatic carbocycles. The van der Waals surface area contributed by atoms with Gasteiger partial charge in [0.15, 0.2) is 0 Å². The Morgan fingerprint density at radius 3 is 2.89 bits per heavy atom. The molecule has 2 saturated heterocycles. The fourth-order valence-electron chi connectivity index (χ4n) is 3.08. The molecular weight excluding hydrogens is 270 g/mol. The van der Waals surface area contributed by atoms with Crippen LogP contribution in [0.4, 0.5) is 0 Å². The third kappa shape index (κ3) is 3.20. The second kappa shape index (κ2) is 6.09. The highest BCUT2D eigenvalue weighted by Gasteiger charge is 2.42. The molecule has 1 amide bonds. The molecule has 5 nitrogen and oxygen atoms in total. The lowest BCUT2D eigenvalue weighted by Gasteiger charge is -2.27. The van der Waals surface area contributed by atoms with E-state index >= 15 is 0 Å². The van der Waals surface area contributed by atoms with Gasteiger partial charge >= 0.3 is 5.97 Å². The van der Waals surface area contributed by atoms with Crippen molar-refractivity contribution < 1.29 is 19.4 Å². The van der Waals surface area contributed by atoms with Gasteiger partial charge in [0.25, 0.3) is 0 Å². The average molecular weight is 290 g/mol. The third-order valence-electron chi connectivity index (χ3n) is 4.06. The minimum Gasteiger partial charge on any atom is -0.466 e. The number of carbonyl (C=O) groups is 2. The minimum absolute atomic E-state index is 0.00377. The van der Waals surface area contributed by atoms with Gasteiger partial charge in [0.2, 0.25) is 5.91 Å². The first-order valence-corrected chi connectivity index (χ1v) is 7.16. The number of nitrogens with zero attached hydrogens (tertiary/aromatic N) is 1. The number of hydrogen-bond acceptors (Lipinski definition) is 4. The quantitative estimate of drug-likeness (QED) is 0.620. The summed E-state index contributed by atoms with van der Waals surface area (Å²) < 4.78 is 4.99. The van der Waals surface area contributed by atoms with Crippen LogP contribution in [0.2, 0.25) is 0 Å². The lowest BCUT2D eigenvalue weighted by atomic mass is 9.98. The van der Waals surface area contributed by atoms with Crippen molar-refractivity contribution in [2.24, 2.45) is 5.92 Å². The van der Waals surface area contributed by atoms with E-state index < -0.39 is 0 Å². The molecule has 2 aliphatic heterocycles. The summed E-state index contributed by atoms with van der Waals surface area (Å²) in [6.45, 7) is 1.55. The molecule has 6 heteroatoms. The van der Waals surface area contributed by atoms with Crippen molar-refractivity contribution in [1.29, 1.82) is 0 Å². The standard InChI is InChI=1S/C13H20ClNO4/c1-8(17)19-7-9-4-13(18)15-10(5-12(9)14)2-3-11(15)6-16/h9-12,16H,2-7H2,1H3/t9?,10?,11-,12?/m0/s1. The second-order valence-corrected chi connectivity index (χ2v) is 5.95. The number of aliphatic hydroxyl groups excluding tert-OH is 1. The van der Waals surface area contributed by atoms with Gasteiger partial charge in [0.1, 0.15) is 0 Å². The fraction of sp³-hybridized carbons (Fsp3) is 0.846. The van der Waals surface area contributed by atoms with Crippen LogP contribution in [0.15, 0.2) is 0 Å². The van der Waals surface area contributed by atoms with E-state index in [-0.39, 0.29) is 54.9 Å². The monoisotopic (exact) mass is 289 g/mol. The van der Waals surface area contributed by atoms with E-state index in [4.69, 9.17) is 16.3 Å². The molecule has 4 atom stereocenters. The van der Waals surface area contributed by atoms with Crippen LogP contribution in [0.25, 0.3) is 0 Å². The molecule has 19 heavy (non-hydrogen) atoms. The highest BCUT2D eigenvalue weighted by Crippen LogP contribution is 2.35. The lowest BCUT2D eigenvalue weighted by Crippen LogP contribution is -2.42. The van der Waals surface area contributed by atoms with Crippen molar-refractivity contribution in [3.05, 3.63) is 0 Å². The first-order chi connectivity index (χ1) is 9.02. The van der Waals surface area contributed by atoms with E-state index in [2.05, 4.69) is 0 Å². The van der Waals surface area contributed by atoms with Crippen molar-refractivity contribution in [1.82, 2.24) is 4.90 Å². The minimum atomic E-state index is -0.353. The number of hydrogen-bond donors (Lipinski definition) is 1. The highest BCUT2D eigenvalue weighted by atomic mass is 35.5. The van der Waals surface area contributed by atoms with E-state index in [0.717, 1.165) is 12.8 Å². The summed E-state index contributed by atoms with van der Waals surface area (Å²) >= 11 is 6.36. The number of fused-ring (bicyclic) bond motifs is 1. The third-order valence-corrected chi connectivity index (χ3v) is 4.60. The Balaban J connectivity index is 2.05. The molecule has 2 aliphatic rings. The molecule has 0 spiro atoms. The zero-order valence-corrected chi connectivity index (χ0v) is 11.8. The van der Waals surface area contributed by atoms with Gasteiger partial charge in [-0.25, -0.2) is 0 Å². The first kappa shape index (κ1) is 14.6. The average Bonchev–Trinajstić information content (AvgIpc) is 2.71. The predicted molar refractivity (Wildman–Crippen MR) is 69.7 cm³/mol. The number of halogens is 1.